The zero-order valence-electron chi connectivity index (χ0n) is 13.3. The molecule has 1 amide bonds. The molecule has 1 aliphatic rings. The van der Waals surface area contributed by atoms with Gasteiger partial charge in [0.15, 0.2) is 0 Å². The van der Waals surface area contributed by atoms with Crippen molar-refractivity contribution in [3.8, 4) is 0 Å². The van der Waals surface area contributed by atoms with E-state index in [-0.39, 0.29) is 24.6 Å². The Morgan fingerprint density at radius 1 is 1.28 bits per heavy atom. The molecule has 0 aliphatic carbocycles. The Kier molecular flexibility index (Phi) is 5.75. The molecular weight excluding hydrogens is 363 g/mol. The topological polar surface area (TPSA) is 77.5 Å². The van der Waals surface area contributed by atoms with E-state index in [4.69, 9.17) is 23.2 Å². The molecule has 0 bridgehead atoms. The highest BCUT2D eigenvalue weighted by Gasteiger charge is 2.33. The Labute approximate surface area is 155 Å². The Morgan fingerprint density at radius 3 is 2.72 bits per heavy atom. The summed E-state index contributed by atoms with van der Waals surface area (Å²) >= 11 is 12.1. The van der Waals surface area contributed by atoms with E-state index in [1.165, 1.54) is 0 Å². The lowest BCUT2D eigenvalue weighted by atomic mass is 10.0. The molecule has 1 aliphatic heterocycles. The van der Waals surface area contributed by atoms with Crippen molar-refractivity contribution >= 4 is 34.8 Å². The number of hydrazine groups is 1. The normalized spacial score (nSPS) is 19.9. The fraction of sp³-hybridized carbons (Fsp3) is 0.294. The van der Waals surface area contributed by atoms with Gasteiger partial charge in [-0.3, -0.25) is 9.78 Å². The van der Waals surface area contributed by atoms with Gasteiger partial charge in [-0.15, -0.1) is 0 Å². The van der Waals surface area contributed by atoms with Crippen molar-refractivity contribution in [2.75, 3.05) is 18.2 Å². The minimum atomic E-state index is -0.303. The van der Waals surface area contributed by atoms with E-state index in [1.807, 2.05) is 11.1 Å². The van der Waals surface area contributed by atoms with Crippen LogP contribution in [0.15, 0.2) is 42.7 Å². The monoisotopic (exact) mass is 380 g/mol. The number of anilines is 1. The molecule has 2 atom stereocenters. The van der Waals surface area contributed by atoms with Crippen molar-refractivity contribution in [2.24, 2.45) is 5.92 Å². The Balaban J connectivity index is 1.74. The highest BCUT2D eigenvalue weighted by molar-refractivity contribution is 6.42. The molecule has 6 nitrogen and oxygen atoms in total. The first-order valence-electron chi connectivity index (χ1n) is 7.89. The van der Waals surface area contributed by atoms with E-state index in [1.54, 1.807) is 36.7 Å². The van der Waals surface area contributed by atoms with Gasteiger partial charge in [-0.1, -0.05) is 23.2 Å². The van der Waals surface area contributed by atoms with Crippen molar-refractivity contribution in [1.29, 1.82) is 0 Å². The molecule has 132 valence electrons. The lowest BCUT2D eigenvalue weighted by Gasteiger charge is -2.21. The number of halogens is 2. The number of carbonyl (C=O) groups is 1. The number of carbonyl (C=O) groups excluding carboxylic acids is 1. The molecule has 0 spiro atoms. The third-order valence-corrected chi connectivity index (χ3v) is 4.87. The van der Waals surface area contributed by atoms with Crippen LogP contribution < -0.4 is 15.8 Å². The summed E-state index contributed by atoms with van der Waals surface area (Å²) < 4.78 is 0. The summed E-state index contributed by atoms with van der Waals surface area (Å²) in [7, 11) is 0. The van der Waals surface area contributed by atoms with Crippen molar-refractivity contribution in [3.63, 3.8) is 0 Å². The molecule has 2 aromatic rings. The van der Waals surface area contributed by atoms with Gasteiger partial charge in [0.1, 0.15) is 6.17 Å². The number of aliphatic hydroxyl groups excluding tert-OH is 1. The Hall–Kier alpha value is -1.86. The first-order valence-corrected chi connectivity index (χ1v) is 8.64. The molecule has 1 aromatic heterocycles. The van der Waals surface area contributed by atoms with E-state index < -0.39 is 0 Å². The first-order chi connectivity index (χ1) is 12.1. The summed E-state index contributed by atoms with van der Waals surface area (Å²) in [5.41, 5.74) is 4.64. The van der Waals surface area contributed by atoms with Gasteiger partial charge < -0.3 is 15.4 Å². The zero-order valence-corrected chi connectivity index (χ0v) is 14.8. The Bertz CT molecular complexity index is 745. The number of aromatic nitrogens is 1. The quantitative estimate of drug-likeness (QED) is 0.742. The van der Waals surface area contributed by atoms with Gasteiger partial charge in [-0.2, -0.15) is 0 Å². The van der Waals surface area contributed by atoms with Gasteiger partial charge in [0, 0.05) is 37.0 Å². The largest absolute Gasteiger partial charge is 0.396 e. The number of hydrogen-bond donors (Lipinski definition) is 3. The van der Waals surface area contributed by atoms with Crippen LogP contribution in [0.4, 0.5) is 5.69 Å². The average molecular weight is 381 g/mol. The predicted octanol–water partition coefficient (Wildman–Crippen LogP) is 2.47. The van der Waals surface area contributed by atoms with Crippen molar-refractivity contribution < 1.29 is 9.90 Å². The zero-order chi connectivity index (χ0) is 17.8. The lowest BCUT2D eigenvalue weighted by Crippen LogP contribution is -2.48. The summed E-state index contributed by atoms with van der Waals surface area (Å²) in [6, 6.07) is 8.65. The van der Waals surface area contributed by atoms with Crippen molar-refractivity contribution in [2.45, 2.75) is 12.6 Å². The van der Waals surface area contributed by atoms with Crippen molar-refractivity contribution in [3.05, 3.63) is 58.3 Å². The van der Waals surface area contributed by atoms with Crippen LogP contribution in [0.5, 0.6) is 0 Å². The highest BCUT2D eigenvalue weighted by Crippen LogP contribution is 2.29. The van der Waals surface area contributed by atoms with Crippen LogP contribution in [-0.2, 0) is 0 Å². The third kappa shape index (κ3) is 4.22. The predicted molar refractivity (Wildman–Crippen MR) is 97.6 cm³/mol. The second-order valence-electron chi connectivity index (χ2n) is 5.80. The molecule has 0 saturated carbocycles. The highest BCUT2D eigenvalue weighted by atomic mass is 35.5. The van der Waals surface area contributed by atoms with Crippen LogP contribution >= 0.6 is 23.2 Å². The van der Waals surface area contributed by atoms with Crippen LogP contribution in [0.1, 0.15) is 16.8 Å². The second-order valence-corrected chi connectivity index (χ2v) is 6.61. The van der Waals surface area contributed by atoms with Gasteiger partial charge in [0.2, 0.25) is 0 Å². The maximum atomic E-state index is 12.4. The van der Waals surface area contributed by atoms with E-state index in [0.717, 1.165) is 5.69 Å². The lowest BCUT2D eigenvalue weighted by molar-refractivity contribution is 0.0918. The number of amides is 1. The molecule has 1 aromatic carbocycles. The smallest absolute Gasteiger partial charge is 0.252 e. The molecule has 3 N–H and O–H groups in total. The summed E-state index contributed by atoms with van der Waals surface area (Å²) in [6.45, 7) is 0.670. The number of hydrogen-bond acceptors (Lipinski definition) is 5. The van der Waals surface area contributed by atoms with Gasteiger partial charge in [0.25, 0.3) is 5.91 Å². The molecule has 1 unspecified atom stereocenters. The SMILES string of the molecule is O=C(NC1NN(c2ccc(Cl)c(Cl)c2)C[C@@H]1CCO)c1ccncc1. The van der Waals surface area contributed by atoms with Crippen LogP contribution in [0.3, 0.4) is 0 Å². The number of pyridine rings is 1. The van der Waals surface area contributed by atoms with Crippen LogP contribution in [0.25, 0.3) is 0 Å². The standard InChI is InChI=1S/C17H18Cl2N4O2/c18-14-2-1-13(9-15(14)19)23-10-12(5-8-24)16(22-23)21-17(25)11-3-6-20-7-4-11/h1-4,6-7,9,12,16,22,24H,5,8,10H2,(H,21,25)/t12-,16?/m0/s1. The summed E-state index contributed by atoms with van der Waals surface area (Å²) in [5.74, 6) is -0.149. The van der Waals surface area contributed by atoms with Crippen LogP contribution in [0, 0.1) is 5.92 Å². The fourth-order valence-electron chi connectivity index (χ4n) is 2.80. The Morgan fingerprint density at radius 2 is 2.04 bits per heavy atom. The van der Waals surface area contributed by atoms with Gasteiger partial charge in [-0.25, -0.2) is 5.43 Å². The number of nitrogens with one attached hydrogen (secondary N) is 2. The second kappa shape index (κ2) is 8.01. The third-order valence-electron chi connectivity index (χ3n) is 4.13. The van der Waals surface area contributed by atoms with Gasteiger partial charge in [-0.05, 0) is 36.8 Å². The van der Waals surface area contributed by atoms with Gasteiger partial charge in [0.05, 0.1) is 15.7 Å². The molecule has 1 saturated heterocycles. The maximum absolute atomic E-state index is 12.4. The molecule has 2 heterocycles. The molecule has 1 fully saturated rings. The first kappa shape index (κ1) is 17.9. The molecule has 3 rings (SSSR count). The van der Waals surface area contributed by atoms with Crippen LogP contribution in [0.2, 0.25) is 10.0 Å². The molecular formula is C17H18Cl2N4O2. The van der Waals surface area contributed by atoms with Crippen molar-refractivity contribution in [1.82, 2.24) is 15.7 Å². The summed E-state index contributed by atoms with van der Waals surface area (Å²) in [6.07, 6.45) is 3.41. The maximum Gasteiger partial charge on any atom is 0.252 e. The number of nitrogens with zero attached hydrogens (tertiary/aromatic N) is 2. The van der Waals surface area contributed by atoms with E-state index >= 15 is 0 Å². The minimum absolute atomic E-state index is 0.0448. The van der Waals surface area contributed by atoms with E-state index in [0.29, 0.717) is 28.6 Å². The van der Waals surface area contributed by atoms with Gasteiger partial charge >= 0.3 is 0 Å². The molecule has 25 heavy (non-hydrogen) atoms. The van der Waals surface area contributed by atoms with E-state index in [9.17, 15) is 9.90 Å². The molecule has 0 radical (unpaired) electrons. The average Bonchev–Trinajstić information content (AvgIpc) is 3.01. The molecule has 8 heteroatoms. The fourth-order valence-corrected chi connectivity index (χ4v) is 3.09. The summed E-state index contributed by atoms with van der Waals surface area (Å²) in [4.78, 5) is 16.3. The summed E-state index contributed by atoms with van der Waals surface area (Å²) in [5, 5.41) is 15.1. The number of aliphatic hydroxyl groups is 1. The number of rotatable bonds is 5. The van der Waals surface area contributed by atoms with Crippen LogP contribution in [-0.4, -0.2) is 35.3 Å². The van der Waals surface area contributed by atoms with E-state index in [2.05, 4.69) is 15.7 Å². The minimum Gasteiger partial charge on any atom is -0.396 e. The number of benzene rings is 1.